The van der Waals surface area contributed by atoms with Gasteiger partial charge in [-0.3, -0.25) is 4.79 Å². The van der Waals surface area contributed by atoms with E-state index in [1.54, 1.807) is 7.11 Å². The summed E-state index contributed by atoms with van der Waals surface area (Å²) in [5.74, 6) is -0.175. The molecule has 0 radical (unpaired) electrons. The maximum absolute atomic E-state index is 11.8. The lowest BCUT2D eigenvalue weighted by Gasteiger charge is -2.27. The minimum absolute atomic E-state index is 0.175. The van der Waals surface area contributed by atoms with Crippen LogP contribution in [0.25, 0.3) is 0 Å². The monoisotopic (exact) mass is 217 g/mol. The van der Waals surface area contributed by atoms with E-state index in [0.717, 1.165) is 19.3 Å². The Morgan fingerprint density at radius 3 is 2.27 bits per heavy atom. The van der Waals surface area contributed by atoms with Crippen molar-refractivity contribution in [1.29, 1.82) is 0 Å². The molecule has 4 nitrogen and oxygen atoms in total. The number of nitrogens with two attached hydrogens (primary N) is 1. The van der Waals surface area contributed by atoms with E-state index in [1.807, 2.05) is 13.8 Å². The Hall–Kier alpha value is -0.610. The van der Waals surface area contributed by atoms with Crippen molar-refractivity contribution in [3.05, 3.63) is 0 Å². The van der Waals surface area contributed by atoms with Crippen LogP contribution in [0.2, 0.25) is 0 Å². The van der Waals surface area contributed by atoms with Crippen molar-refractivity contribution in [2.24, 2.45) is 11.1 Å². The molecule has 0 unspecified atom stereocenters. The van der Waals surface area contributed by atoms with Crippen molar-refractivity contribution in [2.75, 3.05) is 26.9 Å². The highest BCUT2D eigenvalue weighted by molar-refractivity contribution is 5.77. The van der Waals surface area contributed by atoms with E-state index in [2.05, 4.69) is 0 Å². The topological polar surface area (TPSA) is 61.6 Å². The number of methoxy groups -OCH3 is 1. The SMILES string of the molecule is CCC(CC)(CN)C(=O)OCCCOC. The van der Waals surface area contributed by atoms with Crippen molar-refractivity contribution < 1.29 is 14.3 Å². The molecule has 0 fully saturated rings. The predicted molar refractivity (Wildman–Crippen MR) is 59.5 cm³/mol. The molecule has 0 saturated carbocycles. The van der Waals surface area contributed by atoms with Gasteiger partial charge in [-0.1, -0.05) is 13.8 Å². The molecule has 0 heterocycles. The molecule has 15 heavy (non-hydrogen) atoms. The van der Waals surface area contributed by atoms with Gasteiger partial charge in [0.1, 0.15) is 0 Å². The molecule has 0 aromatic heterocycles. The zero-order valence-corrected chi connectivity index (χ0v) is 10.0. The zero-order valence-electron chi connectivity index (χ0n) is 10.0. The zero-order chi connectivity index (χ0) is 11.7. The Balaban J connectivity index is 4.04. The number of rotatable bonds is 8. The van der Waals surface area contributed by atoms with E-state index in [-0.39, 0.29) is 5.97 Å². The predicted octanol–water partition coefficient (Wildman–Crippen LogP) is 1.33. The van der Waals surface area contributed by atoms with Crippen LogP contribution in [0.3, 0.4) is 0 Å². The van der Waals surface area contributed by atoms with Gasteiger partial charge >= 0.3 is 5.97 Å². The molecule has 0 rings (SSSR count). The summed E-state index contributed by atoms with van der Waals surface area (Å²) >= 11 is 0. The fourth-order valence-electron chi connectivity index (χ4n) is 1.43. The van der Waals surface area contributed by atoms with Gasteiger partial charge in [0, 0.05) is 26.7 Å². The molecule has 0 bridgehead atoms. The molecule has 4 heteroatoms. The first-order valence-electron chi connectivity index (χ1n) is 5.53. The van der Waals surface area contributed by atoms with E-state index in [4.69, 9.17) is 15.2 Å². The number of hydrogen-bond donors (Lipinski definition) is 1. The second kappa shape index (κ2) is 7.65. The van der Waals surface area contributed by atoms with E-state index < -0.39 is 5.41 Å². The summed E-state index contributed by atoms with van der Waals surface area (Å²) in [6.45, 7) is 5.30. The Kier molecular flexibility index (Phi) is 7.34. The molecule has 0 saturated heterocycles. The molecule has 0 atom stereocenters. The molecule has 0 aliphatic heterocycles. The quantitative estimate of drug-likeness (QED) is 0.492. The summed E-state index contributed by atoms with van der Waals surface area (Å²) in [5.41, 5.74) is 5.14. The molecule has 0 aromatic rings. The van der Waals surface area contributed by atoms with Crippen LogP contribution >= 0.6 is 0 Å². The molecule has 0 aliphatic carbocycles. The summed E-state index contributed by atoms with van der Waals surface area (Å²) in [7, 11) is 1.63. The summed E-state index contributed by atoms with van der Waals surface area (Å²) in [6.07, 6.45) is 2.18. The van der Waals surface area contributed by atoms with Crippen molar-refractivity contribution in [1.82, 2.24) is 0 Å². The molecule has 0 amide bonds. The van der Waals surface area contributed by atoms with Gasteiger partial charge < -0.3 is 15.2 Å². The molecule has 90 valence electrons. The van der Waals surface area contributed by atoms with Crippen molar-refractivity contribution in [3.63, 3.8) is 0 Å². The van der Waals surface area contributed by atoms with Crippen molar-refractivity contribution in [3.8, 4) is 0 Å². The van der Waals surface area contributed by atoms with E-state index in [0.29, 0.717) is 19.8 Å². The van der Waals surface area contributed by atoms with Gasteiger partial charge in [0.05, 0.1) is 12.0 Å². The Labute approximate surface area is 92.1 Å². The third kappa shape index (κ3) is 4.18. The first-order valence-corrected chi connectivity index (χ1v) is 5.53. The average Bonchev–Trinajstić information content (AvgIpc) is 2.28. The number of hydrogen-bond acceptors (Lipinski definition) is 4. The number of carbonyl (C=O) groups excluding carboxylic acids is 1. The van der Waals surface area contributed by atoms with Crippen LogP contribution in [0.5, 0.6) is 0 Å². The van der Waals surface area contributed by atoms with E-state index in [1.165, 1.54) is 0 Å². The minimum Gasteiger partial charge on any atom is -0.465 e. The highest BCUT2D eigenvalue weighted by atomic mass is 16.5. The van der Waals surface area contributed by atoms with E-state index >= 15 is 0 Å². The fraction of sp³-hybridized carbons (Fsp3) is 0.909. The lowest BCUT2D eigenvalue weighted by molar-refractivity contribution is -0.156. The van der Waals surface area contributed by atoms with E-state index in [9.17, 15) is 4.79 Å². The van der Waals surface area contributed by atoms with Gasteiger partial charge in [0.15, 0.2) is 0 Å². The standard InChI is InChI=1S/C11H23NO3/c1-4-11(5-2,9-12)10(13)15-8-6-7-14-3/h4-9,12H2,1-3H3. The highest BCUT2D eigenvalue weighted by Crippen LogP contribution is 2.26. The van der Waals surface area contributed by atoms with Crippen LogP contribution < -0.4 is 5.73 Å². The smallest absolute Gasteiger partial charge is 0.313 e. The van der Waals surface area contributed by atoms with Gasteiger partial charge in [0.25, 0.3) is 0 Å². The van der Waals surface area contributed by atoms with Crippen LogP contribution in [0.15, 0.2) is 0 Å². The molecule has 0 aromatic carbocycles. The van der Waals surface area contributed by atoms with Crippen LogP contribution in [0.1, 0.15) is 33.1 Å². The first kappa shape index (κ1) is 14.4. The molecular weight excluding hydrogens is 194 g/mol. The largest absolute Gasteiger partial charge is 0.465 e. The average molecular weight is 217 g/mol. The number of carbonyl (C=O) groups is 1. The van der Waals surface area contributed by atoms with Crippen LogP contribution in [-0.2, 0) is 14.3 Å². The second-order valence-electron chi connectivity index (χ2n) is 3.67. The molecule has 0 spiro atoms. The summed E-state index contributed by atoms with van der Waals surface area (Å²) < 4.78 is 10.1. The fourth-order valence-corrected chi connectivity index (χ4v) is 1.43. The third-order valence-corrected chi connectivity index (χ3v) is 2.90. The second-order valence-corrected chi connectivity index (χ2v) is 3.67. The van der Waals surface area contributed by atoms with Crippen LogP contribution in [0, 0.1) is 5.41 Å². The lowest BCUT2D eigenvalue weighted by Crippen LogP contribution is -2.39. The normalized spacial score (nSPS) is 11.5. The van der Waals surface area contributed by atoms with Crippen LogP contribution in [-0.4, -0.2) is 32.8 Å². The Bertz CT molecular complexity index is 170. The summed E-state index contributed by atoms with van der Waals surface area (Å²) in [4.78, 5) is 11.8. The number of ether oxygens (including phenoxy) is 2. The van der Waals surface area contributed by atoms with Gasteiger partial charge in [-0.25, -0.2) is 0 Å². The van der Waals surface area contributed by atoms with Gasteiger partial charge in [-0.05, 0) is 12.8 Å². The van der Waals surface area contributed by atoms with Gasteiger partial charge in [0.2, 0.25) is 0 Å². The Morgan fingerprint density at radius 2 is 1.87 bits per heavy atom. The highest BCUT2D eigenvalue weighted by Gasteiger charge is 2.34. The maximum atomic E-state index is 11.8. The molecule has 0 aliphatic rings. The van der Waals surface area contributed by atoms with Gasteiger partial charge in [-0.15, -0.1) is 0 Å². The van der Waals surface area contributed by atoms with Gasteiger partial charge in [-0.2, -0.15) is 0 Å². The molecule has 2 N–H and O–H groups in total. The summed E-state index contributed by atoms with van der Waals surface area (Å²) in [6, 6.07) is 0. The van der Waals surface area contributed by atoms with Crippen molar-refractivity contribution in [2.45, 2.75) is 33.1 Å². The first-order chi connectivity index (χ1) is 7.16. The van der Waals surface area contributed by atoms with Crippen molar-refractivity contribution >= 4 is 5.97 Å². The minimum atomic E-state index is -0.493. The lowest BCUT2D eigenvalue weighted by atomic mass is 9.82. The maximum Gasteiger partial charge on any atom is 0.313 e. The summed E-state index contributed by atoms with van der Waals surface area (Å²) in [5, 5.41) is 0. The third-order valence-electron chi connectivity index (χ3n) is 2.90. The Morgan fingerprint density at radius 1 is 1.27 bits per heavy atom. The molecular formula is C11H23NO3. The van der Waals surface area contributed by atoms with Crippen LogP contribution in [0.4, 0.5) is 0 Å². The number of esters is 1.